The Morgan fingerprint density at radius 2 is 2.07 bits per heavy atom. The van der Waals surface area contributed by atoms with E-state index in [4.69, 9.17) is 10.7 Å². The van der Waals surface area contributed by atoms with Crippen LogP contribution in [0.3, 0.4) is 0 Å². The van der Waals surface area contributed by atoms with Crippen molar-refractivity contribution in [1.82, 2.24) is 24.8 Å². The van der Waals surface area contributed by atoms with Crippen molar-refractivity contribution in [3.8, 4) is 0 Å². The molecule has 0 aromatic carbocycles. The van der Waals surface area contributed by atoms with Crippen LogP contribution in [0, 0.1) is 5.92 Å². The van der Waals surface area contributed by atoms with Gasteiger partial charge in [-0.25, -0.2) is 4.52 Å². The highest BCUT2D eigenvalue weighted by Crippen LogP contribution is 2.39. The molecular formula is C18H22N8O. The fourth-order valence-corrected chi connectivity index (χ4v) is 3.63. The molecule has 9 heteroatoms. The zero-order chi connectivity index (χ0) is 18.4. The second-order valence-corrected chi connectivity index (χ2v) is 7.37. The van der Waals surface area contributed by atoms with Crippen LogP contribution >= 0.6 is 0 Å². The summed E-state index contributed by atoms with van der Waals surface area (Å²) in [5.74, 6) is 2.53. The number of fused-ring (bicyclic) bond motifs is 1. The maximum absolute atomic E-state index is 11.4. The first-order valence-corrected chi connectivity index (χ1v) is 9.39. The van der Waals surface area contributed by atoms with Gasteiger partial charge in [0.2, 0.25) is 11.9 Å². The van der Waals surface area contributed by atoms with Gasteiger partial charge in [0.05, 0.1) is 5.69 Å². The first-order chi connectivity index (χ1) is 13.2. The number of aromatic amines is 1. The molecule has 27 heavy (non-hydrogen) atoms. The van der Waals surface area contributed by atoms with E-state index in [0.717, 1.165) is 48.8 Å². The molecule has 1 aliphatic heterocycles. The summed E-state index contributed by atoms with van der Waals surface area (Å²) >= 11 is 0. The number of rotatable bonds is 5. The van der Waals surface area contributed by atoms with E-state index in [1.165, 1.54) is 12.8 Å². The molecule has 0 bridgehead atoms. The molecular weight excluding hydrogens is 344 g/mol. The summed E-state index contributed by atoms with van der Waals surface area (Å²) < 4.78 is 1.82. The minimum Gasteiger partial charge on any atom is -0.369 e. The molecule has 0 spiro atoms. The SMILES string of the molecule is NC(=O)C1CCN(c2nc(Nc3cc(C4CC4)n[nH]3)c3cccn3n2)CC1. The molecule has 3 aromatic rings. The fourth-order valence-electron chi connectivity index (χ4n) is 3.63. The number of nitrogens with zero attached hydrogens (tertiary/aromatic N) is 5. The number of aromatic nitrogens is 5. The third kappa shape index (κ3) is 3.09. The number of hydrogen-bond donors (Lipinski definition) is 3. The summed E-state index contributed by atoms with van der Waals surface area (Å²) in [7, 11) is 0. The number of anilines is 3. The van der Waals surface area contributed by atoms with Crippen molar-refractivity contribution in [2.75, 3.05) is 23.3 Å². The summed E-state index contributed by atoms with van der Waals surface area (Å²) in [6.07, 6.45) is 5.80. The second-order valence-electron chi connectivity index (χ2n) is 7.37. The van der Waals surface area contributed by atoms with Crippen LogP contribution in [0.2, 0.25) is 0 Å². The van der Waals surface area contributed by atoms with Gasteiger partial charge in [0, 0.05) is 37.2 Å². The van der Waals surface area contributed by atoms with E-state index in [2.05, 4.69) is 31.6 Å². The zero-order valence-electron chi connectivity index (χ0n) is 14.9. The van der Waals surface area contributed by atoms with Crippen molar-refractivity contribution in [2.45, 2.75) is 31.6 Å². The Bertz CT molecular complexity index is 980. The van der Waals surface area contributed by atoms with Gasteiger partial charge in [-0.05, 0) is 37.8 Å². The number of primary amides is 1. The molecule has 2 aliphatic rings. The van der Waals surface area contributed by atoms with Gasteiger partial charge < -0.3 is 16.0 Å². The van der Waals surface area contributed by atoms with Gasteiger partial charge in [0.1, 0.15) is 11.3 Å². The molecule has 2 fully saturated rings. The topological polar surface area (TPSA) is 117 Å². The molecule has 140 valence electrons. The molecule has 4 heterocycles. The van der Waals surface area contributed by atoms with Gasteiger partial charge in [-0.3, -0.25) is 9.89 Å². The maximum Gasteiger partial charge on any atom is 0.245 e. The molecule has 3 aromatic heterocycles. The molecule has 0 radical (unpaired) electrons. The van der Waals surface area contributed by atoms with Crippen molar-refractivity contribution >= 4 is 29.0 Å². The quantitative estimate of drug-likeness (QED) is 0.633. The Morgan fingerprint density at radius 3 is 2.81 bits per heavy atom. The number of nitrogens with one attached hydrogen (secondary N) is 2. The van der Waals surface area contributed by atoms with E-state index in [-0.39, 0.29) is 11.8 Å². The Kier molecular flexibility index (Phi) is 3.73. The van der Waals surface area contributed by atoms with Crippen LogP contribution < -0.4 is 16.0 Å². The summed E-state index contributed by atoms with van der Waals surface area (Å²) in [6, 6.07) is 5.97. The molecule has 0 unspecified atom stereocenters. The summed E-state index contributed by atoms with van der Waals surface area (Å²) in [4.78, 5) is 18.3. The number of piperidine rings is 1. The Labute approximate surface area is 155 Å². The van der Waals surface area contributed by atoms with Gasteiger partial charge in [-0.1, -0.05) is 0 Å². The molecule has 5 rings (SSSR count). The number of hydrogen-bond acceptors (Lipinski definition) is 6. The van der Waals surface area contributed by atoms with E-state index in [1.54, 1.807) is 0 Å². The van der Waals surface area contributed by atoms with Gasteiger partial charge >= 0.3 is 0 Å². The number of carbonyl (C=O) groups excluding carboxylic acids is 1. The smallest absolute Gasteiger partial charge is 0.245 e. The Balaban J connectivity index is 1.41. The normalized spacial score (nSPS) is 18.1. The third-order valence-electron chi connectivity index (χ3n) is 5.41. The number of carbonyl (C=O) groups is 1. The first kappa shape index (κ1) is 16.1. The van der Waals surface area contributed by atoms with Crippen molar-refractivity contribution in [3.63, 3.8) is 0 Å². The Morgan fingerprint density at radius 1 is 1.26 bits per heavy atom. The van der Waals surface area contributed by atoms with Crippen LogP contribution in [0.15, 0.2) is 24.4 Å². The third-order valence-corrected chi connectivity index (χ3v) is 5.41. The molecule has 4 N–H and O–H groups in total. The van der Waals surface area contributed by atoms with Crippen molar-refractivity contribution in [2.24, 2.45) is 11.7 Å². The molecule has 9 nitrogen and oxygen atoms in total. The second kappa shape index (κ2) is 6.26. The largest absolute Gasteiger partial charge is 0.369 e. The lowest BCUT2D eigenvalue weighted by Gasteiger charge is -2.30. The van der Waals surface area contributed by atoms with E-state index in [0.29, 0.717) is 11.9 Å². The van der Waals surface area contributed by atoms with Gasteiger partial charge in [-0.2, -0.15) is 10.1 Å². The Hall–Kier alpha value is -3.10. The zero-order valence-corrected chi connectivity index (χ0v) is 14.9. The minimum atomic E-state index is -0.218. The summed E-state index contributed by atoms with van der Waals surface area (Å²) in [6.45, 7) is 1.44. The summed E-state index contributed by atoms with van der Waals surface area (Å²) in [5, 5.41) is 15.4. The van der Waals surface area contributed by atoms with E-state index in [9.17, 15) is 4.79 Å². The van der Waals surface area contributed by atoms with Gasteiger partial charge in [-0.15, -0.1) is 5.10 Å². The standard InChI is InChI=1S/C18H22N8O/c19-16(27)12-5-8-25(9-6-12)18-21-17(14-2-1-7-26(14)24-18)20-15-10-13(22-23-15)11-3-4-11/h1-2,7,10-12H,3-6,8-9H2,(H2,19,27)(H2,20,21,22,23,24). The highest BCUT2D eigenvalue weighted by molar-refractivity contribution is 5.77. The highest BCUT2D eigenvalue weighted by atomic mass is 16.1. The van der Waals surface area contributed by atoms with Crippen LogP contribution in [0.25, 0.3) is 5.52 Å². The molecule has 1 amide bonds. The molecule has 1 saturated carbocycles. The average molecular weight is 366 g/mol. The van der Waals surface area contributed by atoms with Crippen LogP contribution in [0.5, 0.6) is 0 Å². The van der Waals surface area contributed by atoms with Crippen molar-refractivity contribution in [3.05, 3.63) is 30.1 Å². The average Bonchev–Trinajstić information content (AvgIpc) is 3.23. The first-order valence-electron chi connectivity index (χ1n) is 9.39. The van der Waals surface area contributed by atoms with Crippen LogP contribution in [-0.2, 0) is 4.79 Å². The lowest BCUT2D eigenvalue weighted by atomic mass is 9.97. The van der Waals surface area contributed by atoms with Crippen LogP contribution in [-0.4, -0.2) is 43.8 Å². The van der Waals surface area contributed by atoms with E-state index in [1.807, 2.05) is 22.8 Å². The predicted molar refractivity (Wildman–Crippen MR) is 101 cm³/mol. The highest BCUT2D eigenvalue weighted by Gasteiger charge is 2.27. The predicted octanol–water partition coefficient (Wildman–Crippen LogP) is 1.78. The minimum absolute atomic E-state index is 0.0556. The lowest BCUT2D eigenvalue weighted by Crippen LogP contribution is -2.39. The maximum atomic E-state index is 11.4. The number of H-pyrrole nitrogens is 1. The summed E-state index contributed by atoms with van der Waals surface area (Å²) in [5.41, 5.74) is 7.44. The molecule has 1 saturated heterocycles. The van der Waals surface area contributed by atoms with Crippen molar-refractivity contribution in [1.29, 1.82) is 0 Å². The molecule has 0 atom stereocenters. The van der Waals surface area contributed by atoms with Crippen molar-refractivity contribution < 1.29 is 4.79 Å². The van der Waals surface area contributed by atoms with Crippen LogP contribution in [0.4, 0.5) is 17.6 Å². The van der Waals surface area contributed by atoms with E-state index < -0.39 is 0 Å². The fraction of sp³-hybridized carbons (Fsp3) is 0.444. The number of amides is 1. The lowest BCUT2D eigenvalue weighted by molar-refractivity contribution is -0.122. The monoisotopic (exact) mass is 366 g/mol. The van der Waals surface area contributed by atoms with Crippen LogP contribution in [0.1, 0.15) is 37.3 Å². The number of nitrogens with two attached hydrogens (primary N) is 1. The molecule has 1 aliphatic carbocycles. The van der Waals surface area contributed by atoms with E-state index >= 15 is 0 Å². The van der Waals surface area contributed by atoms with Gasteiger partial charge in [0.25, 0.3) is 0 Å². The van der Waals surface area contributed by atoms with Gasteiger partial charge in [0.15, 0.2) is 5.82 Å².